The lowest BCUT2D eigenvalue weighted by Gasteiger charge is -2.13. The lowest BCUT2D eigenvalue weighted by molar-refractivity contribution is -0.137. The molecule has 1 heterocycles. The van der Waals surface area contributed by atoms with Gasteiger partial charge < -0.3 is 5.32 Å². The van der Waals surface area contributed by atoms with Crippen molar-refractivity contribution in [2.24, 2.45) is 0 Å². The summed E-state index contributed by atoms with van der Waals surface area (Å²) >= 11 is 0. The van der Waals surface area contributed by atoms with Gasteiger partial charge in [0.1, 0.15) is 0 Å². The van der Waals surface area contributed by atoms with Crippen LogP contribution in [0.15, 0.2) is 48.5 Å². The zero-order valence-corrected chi connectivity index (χ0v) is 15.8. The Morgan fingerprint density at radius 3 is 2.30 bits per heavy atom. The topological polar surface area (TPSA) is 66.5 Å². The smallest absolute Gasteiger partial charge is 0.345 e. The number of imide groups is 1. The zero-order chi connectivity index (χ0) is 21.7. The summed E-state index contributed by atoms with van der Waals surface area (Å²) in [6, 6.07) is 11.2. The maximum absolute atomic E-state index is 12.7. The van der Waals surface area contributed by atoms with E-state index in [9.17, 15) is 27.6 Å². The van der Waals surface area contributed by atoms with E-state index in [0.717, 1.165) is 17.0 Å². The molecule has 0 unspecified atom stereocenters. The second-order valence-electron chi connectivity index (χ2n) is 6.57. The fourth-order valence-corrected chi connectivity index (χ4v) is 2.99. The van der Waals surface area contributed by atoms with Crippen molar-refractivity contribution in [2.45, 2.75) is 19.0 Å². The van der Waals surface area contributed by atoms with Gasteiger partial charge in [0.15, 0.2) is 0 Å². The standard InChI is InChI=1S/C22H17F3N2O3/c23-22(24,25)16-8-3-6-15(14-16)7-4-12-26-19(28)11-5-13-27-20(29)17-9-1-2-10-18(17)21(27)30/h1-3,6,8-10,14H,5,11-13H2,(H,26,28). The summed E-state index contributed by atoms with van der Waals surface area (Å²) < 4.78 is 38.0. The Bertz CT molecular complexity index is 1020. The van der Waals surface area contributed by atoms with Gasteiger partial charge in [-0.15, -0.1) is 0 Å². The molecule has 3 amide bonds. The monoisotopic (exact) mass is 414 g/mol. The van der Waals surface area contributed by atoms with Crippen LogP contribution in [0.4, 0.5) is 13.2 Å². The molecule has 30 heavy (non-hydrogen) atoms. The number of alkyl halides is 3. The largest absolute Gasteiger partial charge is 0.416 e. The van der Waals surface area contributed by atoms with Crippen molar-refractivity contribution in [1.82, 2.24) is 10.2 Å². The number of nitrogens with one attached hydrogen (secondary N) is 1. The van der Waals surface area contributed by atoms with E-state index in [1.54, 1.807) is 24.3 Å². The van der Waals surface area contributed by atoms with Crippen LogP contribution in [-0.4, -0.2) is 35.7 Å². The average Bonchev–Trinajstić information content (AvgIpc) is 2.96. The van der Waals surface area contributed by atoms with Crippen molar-refractivity contribution in [3.8, 4) is 11.8 Å². The number of benzene rings is 2. The number of rotatable bonds is 5. The highest BCUT2D eigenvalue weighted by Crippen LogP contribution is 2.29. The van der Waals surface area contributed by atoms with E-state index in [-0.39, 0.29) is 42.8 Å². The summed E-state index contributed by atoms with van der Waals surface area (Å²) in [4.78, 5) is 37.5. The first-order valence-corrected chi connectivity index (χ1v) is 9.15. The maximum atomic E-state index is 12.7. The fourth-order valence-electron chi connectivity index (χ4n) is 2.99. The molecule has 0 aliphatic carbocycles. The van der Waals surface area contributed by atoms with Crippen LogP contribution in [0.2, 0.25) is 0 Å². The van der Waals surface area contributed by atoms with Crippen LogP contribution in [0.5, 0.6) is 0 Å². The molecule has 1 aliphatic heterocycles. The lowest BCUT2D eigenvalue weighted by atomic mass is 10.1. The van der Waals surface area contributed by atoms with Gasteiger partial charge in [0.05, 0.1) is 23.2 Å². The first-order chi connectivity index (χ1) is 14.3. The van der Waals surface area contributed by atoms with Gasteiger partial charge in [-0.25, -0.2) is 0 Å². The third kappa shape index (κ3) is 4.87. The quantitative estimate of drug-likeness (QED) is 0.604. The number of carbonyl (C=O) groups excluding carboxylic acids is 3. The molecule has 0 saturated heterocycles. The summed E-state index contributed by atoms with van der Waals surface area (Å²) in [6.45, 7) is 0.0950. The Kier molecular flexibility index (Phi) is 6.21. The number of fused-ring (bicyclic) bond motifs is 1. The van der Waals surface area contributed by atoms with Crippen LogP contribution in [-0.2, 0) is 11.0 Å². The van der Waals surface area contributed by atoms with Gasteiger partial charge in [0, 0.05) is 18.5 Å². The van der Waals surface area contributed by atoms with Gasteiger partial charge in [-0.3, -0.25) is 19.3 Å². The van der Waals surface area contributed by atoms with Crippen LogP contribution in [0.3, 0.4) is 0 Å². The number of hydrogen-bond acceptors (Lipinski definition) is 3. The molecule has 2 aromatic rings. The first-order valence-electron chi connectivity index (χ1n) is 9.15. The van der Waals surface area contributed by atoms with Crippen LogP contribution >= 0.6 is 0 Å². The Morgan fingerprint density at radius 2 is 1.67 bits per heavy atom. The molecule has 1 aliphatic rings. The van der Waals surface area contributed by atoms with Crippen molar-refractivity contribution < 1.29 is 27.6 Å². The van der Waals surface area contributed by atoms with E-state index in [2.05, 4.69) is 17.2 Å². The molecule has 0 fully saturated rings. The van der Waals surface area contributed by atoms with Gasteiger partial charge in [-0.1, -0.05) is 30.0 Å². The van der Waals surface area contributed by atoms with Gasteiger partial charge >= 0.3 is 6.18 Å². The molecule has 3 rings (SSSR count). The molecule has 0 aromatic heterocycles. The number of amides is 3. The predicted octanol–water partition coefficient (Wildman–Crippen LogP) is 3.25. The molecule has 154 valence electrons. The maximum Gasteiger partial charge on any atom is 0.416 e. The number of halogens is 3. The van der Waals surface area contributed by atoms with Crippen molar-refractivity contribution in [2.75, 3.05) is 13.1 Å². The minimum Gasteiger partial charge on any atom is -0.345 e. The van der Waals surface area contributed by atoms with Crippen molar-refractivity contribution in [3.05, 3.63) is 70.8 Å². The SMILES string of the molecule is O=C(CCCN1C(=O)c2ccccc2C1=O)NCC#Cc1cccc(C(F)(F)F)c1. The predicted molar refractivity (Wildman–Crippen MR) is 102 cm³/mol. The van der Waals surface area contributed by atoms with Crippen molar-refractivity contribution in [3.63, 3.8) is 0 Å². The highest BCUT2D eigenvalue weighted by Gasteiger charge is 2.34. The molecule has 8 heteroatoms. The summed E-state index contributed by atoms with van der Waals surface area (Å²) in [6.07, 6.45) is -4.07. The Hall–Kier alpha value is -3.60. The minimum absolute atomic E-state index is 0.0257. The molecule has 5 nitrogen and oxygen atoms in total. The molecule has 1 N–H and O–H groups in total. The molecule has 0 spiro atoms. The van der Waals surface area contributed by atoms with Crippen LogP contribution in [0.1, 0.15) is 44.7 Å². The van der Waals surface area contributed by atoms with E-state index in [1.165, 1.54) is 12.1 Å². The molecular weight excluding hydrogens is 397 g/mol. The fraction of sp³-hybridized carbons (Fsp3) is 0.227. The Morgan fingerprint density at radius 1 is 1.00 bits per heavy atom. The summed E-state index contributed by atoms with van der Waals surface area (Å²) in [5, 5.41) is 2.54. The number of hydrogen-bond donors (Lipinski definition) is 1. The molecule has 0 bridgehead atoms. The second kappa shape index (κ2) is 8.82. The van der Waals surface area contributed by atoms with E-state index in [1.807, 2.05) is 0 Å². The van der Waals surface area contributed by atoms with E-state index < -0.39 is 11.7 Å². The van der Waals surface area contributed by atoms with Crippen LogP contribution < -0.4 is 5.32 Å². The van der Waals surface area contributed by atoms with Gasteiger partial charge in [0.25, 0.3) is 11.8 Å². The van der Waals surface area contributed by atoms with E-state index in [4.69, 9.17) is 0 Å². The minimum atomic E-state index is -4.44. The normalized spacial score (nSPS) is 13.0. The van der Waals surface area contributed by atoms with Gasteiger partial charge in [-0.05, 0) is 36.8 Å². The second-order valence-corrected chi connectivity index (χ2v) is 6.57. The van der Waals surface area contributed by atoms with Gasteiger partial charge in [-0.2, -0.15) is 13.2 Å². The third-order valence-electron chi connectivity index (χ3n) is 4.46. The third-order valence-corrected chi connectivity index (χ3v) is 4.46. The molecule has 0 saturated carbocycles. The number of nitrogens with zero attached hydrogens (tertiary/aromatic N) is 1. The van der Waals surface area contributed by atoms with E-state index >= 15 is 0 Å². The molecular formula is C22H17F3N2O3. The molecule has 0 atom stereocenters. The van der Waals surface area contributed by atoms with Gasteiger partial charge in [0.2, 0.25) is 5.91 Å². The first kappa shape index (κ1) is 21.1. The molecule has 0 radical (unpaired) electrons. The Labute approximate surface area is 170 Å². The summed E-state index contributed by atoms with van der Waals surface area (Å²) in [7, 11) is 0. The highest BCUT2D eigenvalue weighted by atomic mass is 19.4. The lowest BCUT2D eigenvalue weighted by Crippen LogP contribution is -2.32. The van der Waals surface area contributed by atoms with Crippen molar-refractivity contribution in [1.29, 1.82) is 0 Å². The summed E-state index contributed by atoms with van der Waals surface area (Å²) in [5.74, 6) is 4.10. The Balaban J connectivity index is 1.43. The highest BCUT2D eigenvalue weighted by molar-refractivity contribution is 6.21. The average molecular weight is 414 g/mol. The zero-order valence-electron chi connectivity index (χ0n) is 15.8. The van der Waals surface area contributed by atoms with Crippen LogP contribution in [0.25, 0.3) is 0 Å². The summed E-state index contributed by atoms with van der Waals surface area (Å²) in [5.41, 5.74) is 0.129. The van der Waals surface area contributed by atoms with Crippen molar-refractivity contribution >= 4 is 17.7 Å². The van der Waals surface area contributed by atoms with Crippen LogP contribution in [0, 0.1) is 11.8 Å². The molecule has 2 aromatic carbocycles. The number of carbonyl (C=O) groups is 3. The van der Waals surface area contributed by atoms with E-state index in [0.29, 0.717) is 17.5 Å².